The third-order valence-corrected chi connectivity index (χ3v) is 5.28. The fourth-order valence-corrected chi connectivity index (χ4v) is 3.76. The van der Waals surface area contributed by atoms with Crippen LogP contribution in [0.25, 0.3) is 0 Å². The maximum atomic E-state index is 13.0. The van der Waals surface area contributed by atoms with Crippen LogP contribution in [0.5, 0.6) is 5.75 Å². The van der Waals surface area contributed by atoms with Gasteiger partial charge in [0.1, 0.15) is 17.6 Å². The Labute approximate surface area is 183 Å². The molecule has 0 spiro atoms. The van der Waals surface area contributed by atoms with E-state index in [-0.39, 0.29) is 31.0 Å². The number of aryl methyl sites for hydroxylation is 1. The number of imidazole rings is 1. The van der Waals surface area contributed by atoms with Gasteiger partial charge < -0.3 is 19.5 Å². The van der Waals surface area contributed by atoms with Crippen LogP contribution in [-0.4, -0.2) is 46.6 Å². The lowest BCUT2D eigenvalue weighted by molar-refractivity contribution is -0.137. The second-order valence-electron chi connectivity index (χ2n) is 7.26. The number of aromatic nitrogens is 2. The van der Waals surface area contributed by atoms with Crippen LogP contribution in [-0.2, 0) is 18.3 Å². The van der Waals surface area contributed by atoms with Gasteiger partial charge in [-0.3, -0.25) is 4.79 Å². The van der Waals surface area contributed by atoms with E-state index in [9.17, 15) is 4.79 Å². The van der Waals surface area contributed by atoms with Gasteiger partial charge in [-0.25, -0.2) is 4.98 Å². The van der Waals surface area contributed by atoms with Gasteiger partial charge in [0.25, 0.3) is 5.91 Å². The Hall–Kier alpha value is -2.83. The zero-order valence-corrected chi connectivity index (χ0v) is 17.8. The summed E-state index contributed by atoms with van der Waals surface area (Å²) >= 11 is 0. The molecule has 1 aromatic heterocycles. The van der Waals surface area contributed by atoms with Crippen molar-refractivity contribution in [3.63, 3.8) is 0 Å². The average molecular weight is 427 g/mol. The Morgan fingerprint density at radius 3 is 2.70 bits per heavy atom. The molecule has 1 aliphatic heterocycles. The minimum atomic E-state index is -0.0839. The van der Waals surface area contributed by atoms with Gasteiger partial charge >= 0.3 is 0 Å². The molecule has 6 nitrogen and oxygen atoms in total. The Morgan fingerprint density at radius 1 is 1.17 bits per heavy atom. The van der Waals surface area contributed by atoms with Crippen molar-refractivity contribution >= 4 is 18.3 Å². The molecule has 2 heterocycles. The van der Waals surface area contributed by atoms with Gasteiger partial charge in [0.05, 0.1) is 0 Å². The van der Waals surface area contributed by atoms with Gasteiger partial charge in [0.15, 0.2) is 6.61 Å². The molecule has 1 unspecified atom stereocenters. The molecule has 0 radical (unpaired) electrons. The molecule has 1 saturated heterocycles. The van der Waals surface area contributed by atoms with Crippen molar-refractivity contribution in [1.82, 2.24) is 19.8 Å². The van der Waals surface area contributed by atoms with E-state index in [1.807, 2.05) is 65.2 Å². The first-order chi connectivity index (χ1) is 14.2. The Bertz CT molecular complexity index is 961. The fraction of sp³-hybridized carbons (Fsp3) is 0.304. The number of carbonyl (C=O) groups excluding carboxylic acids is 1. The summed E-state index contributed by atoms with van der Waals surface area (Å²) in [7, 11) is 1.95. The van der Waals surface area contributed by atoms with Crippen LogP contribution < -0.4 is 10.1 Å². The zero-order chi connectivity index (χ0) is 20.1. The summed E-state index contributed by atoms with van der Waals surface area (Å²) < 4.78 is 7.95. The molecule has 7 heteroatoms. The van der Waals surface area contributed by atoms with Crippen LogP contribution in [0.2, 0.25) is 0 Å². The van der Waals surface area contributed by atoms with E-state index in [2.05, 4.69) is 22.4 Å². The minimum Gasteiger partial charge on any atom is -0.483 e. The number of para-hydroxylation sites is 1. The van der Waals surface area contributed by atoms with Crippen molar-refractivity contribution in [2.24, 2.45) is 7.05 Å². The average Bonchev–Trinajstić information content (AvgIpc) is 3.19. The molecule has 158 valence electrons. The first-order valence-corrected chi connectivity index (χ1v) is 9.94. The molecule has 1 atom stereocenters. The summed E-state index contributed by atoms with van der Waals surface area (Å²) in [6.07, 6.45) is 4.45. The molecule has 0 saturated carbocycles. The summed E-state index contributed by atoms with van der Waals surface area (Å²) in [4.78, 5) is 19.3. The van der Waals surface area contributed by atoms with Crippen LogP contribution >= 0.6 is 12.4 Å². The Morgan fingerprint density at radius 2 is 1.93 bits per heavy atom. The predicted octanol–water partition coefficient (Wildman–Crippen LogP) is 2.98. The molecular formula is C23H27ClN4O2. The molecule has 0 aliphatic carbocycles. The summed E-state index contributed by atoms with van der Waals surface area (Å²) in [5, 5.41) is 3.36. The van der Waals surface area contributed by atoms with Gasteiger partial charge in [0.2, 0.25) is 0 Å². The van der Waals surface area contributed by atoms with E-state index in [0.29, 0.717) is 13.1 Å². The van der Waals surface area contributed by atoms with Crippen LogP contribution in [0.1, 0.15) is 23.0 Å². The van der Waals surface area contributed by atoms with Crippen molar-refractivity contribution in [3.8, 4) is 5.75 Å². The first kappa shape index (κ1) is 21.9. The second-order valence-corrected chi connectivity index (χ2v) is 7.26. The topological polar surface area (TPSA) is 59.4 Å². The standard InChI is InChI=1S/C23H26N4O2.ClH/c1-26-13-12-25-23(26)20-16-24-11-14-27(20)22(28)17-29-21-10-6-5-9-19(21)15-18-7-3-2-4-8-18;/h2-10,12-13,20,24H,11,14-17H2,1H3;1H. The molecule has 30 heavy (non-hydrogen) atoms. The van der Waals surface area contributed by atoms with Gasteiger partial charge in [-0.1, -0.05) is 48.5 Å². The Kier molecular flexibility index (Phi) is 7.49. The Balaban J connectivity index is 0.00000256. The SMILES string of the molecule is Cl.Cn1ccnc1C1CNCCN1C(=O)COc1ccccc1Cc1ccccc1. The highest BCUT2D eigenvalue weighted by molar-refractivity contribution is 5.85. The van der Waals surface area contributed by atoms with Crippen LogP contribution in [0.3, 0.4) is 0 Å². The fourth-order valence-electron chi connectivity index (χ4n) is 3.76. The number of amides is 1. The smallest absolute Gasteiger partial charge is 0.261 e. The number of benzene rings is 2. The highest BCUT2D eigenvalue weighted by Gasteiger charge is 2.30. The van der Waals surface area contributed by atoms with E-state index in [1.165, 1.54) is 5.56 Å². The van der Waals surface area contributed by atoms with Crippen molar-refractivity contribution in [2.75, 3.05) is 26.2 Å². The number of nitrogens with zero attached hydrogens (tertiary/aromatic N) is 3. The molecule has 4 rings (SSSR count). The zero-order valence-electron chi connectivity index (χ0n) is 17.0. The number of hydrogen-bond donors (Lipinski definition) is 1. The van der Waals surface area contributed by atoms with Crippen LogP contribution in [0.15, 0.2) is 67.0 Å². The number of ether oxygens (including phenoxy) is 1. The van der Waals surface area contributed by atoms with E-state index >= 15 is 0 Å². The van der Waals surface area contributed by atoms with E-state index in [1.54, 1.807) is 6.20 Å². The normalized spacial score (nSPS) is 16.0. The minimum absolute atomic E-state index is 0. The summed E-state index contributed by atoms with van der Waals surface area (Å²) in [6, 6.07) is 18.1. The first-order valence-electron chi connectivity index (χ1n) is 9.94. The van der Waals surface area contributed by atoms with Crippen LogP contribution in [0, 0.1) is 0 Å². The van der Waals surface area contributed by atoms with Gasteiger partial charge in [-0.2, -0.15) is 0 Å². The lowest BCUT2D eigenvalue weighted by atomic mass is 10.0. The van der Waals surface area contributed by atoms with Crippen molar-refractivity contribution < 1.29 is 9.53 Å². The maximum Gasteiger partial charge on any atom is 0.261 e. The molecule has 1 N–H and O–H groups in total. The van der Waals surface area contributed by atoms with E-state index < -0.39 is 0 Å². The quantitative estimate of drug-likeness (QED) is 0.658. The van der Waals surface area contributed by atoms with Gasteiger partial charge in [-0.05, 0) is 17.2 Å². The third kappa shape index (κ3) is 5.01. The van der Waals surface area contributed by atoms with E-state index in [0.717, 1.165) is 30.1 Å². The molecular weight excluding hydrogens is 400 g/mol. The summed E-state index contributed by atoms with van der Waals surface area (Å²) in [5.41, 5.74) is 2.29. The largest absolute Gasteiger partial charge is 0.483 e. The molecule has 0 bridgehead atoms. The number of piperazine rings is 1. The number of halogens is 1. The maximum absolute atomic E-state index is 13.0. The number of carbonyl (C=O) groups is 1. The monoisotopic (exact) mass is 426 g/mol. The van der Waals surface area contributed by atoms with Gasteiger partial charge in [-0.15, -0.1) is 12.4 Å². The molecule has 2 aromatic carbocycles. The molecule has 1 fully saturated rings. The summed E-state index contributed by atoms with van der Waals surface area (Å²) in [6.45, 7) is 2.14. The number of hydrogen-bond acceptors (Lipinski definition) is 4. The van der Waals surface area contributed by atoms with Crippen molar-refractivity contribution in [1.29, 1.82) is 0 Å². The van der Waals surface area contributed by atoms with Crippen molar-refractivity contribution in [3.05, 3.63) is 83.9 Å². The molecule has 1 amide bonds. The lowest BCUT2D eigenvalue weighted by Gasteiger charge is -2.35. The highest BCUT2D eigenvalue weighted by atomic mass is 35.5. The second kappa shape index (κ2) is 10.3. The summed E-state index contributed by atoms with van der Waals surface area (Å²) in [5.74, 6) is 1.62. The molecule has 3 aromatic rings. The number of nitrogens with one attached hydrogen (secondary N) is 1. The third-order valence-electron chi connectivity index (χ3n) is 5.28. The molecule has 1 aliphatic rings. The van der Waals surface area contributed by atoms with E-state index in [4.69, 9.17) is 4.74 Å². The van der Waals surface area contributed by atoms with Gasteiger partial charge in [0, 0.05) is 45.5 Å². The van der Waals surface area contributed by atoms with Crippen molar-refractivity contribution in [2.45, 2.75) is 12.5 Å². The lowest BCUT2D eigenvalue weighted by Crippen LogP contribution is -2.50. The van der Waals surface area contributed by atoms with Crippen LogP contribution in [0.4, 0.5) is 0 Å². The number of rotatable bonds is 6. The highest BCUT2D eigenvalue weighted by Crippen LogP contribution is 2.23. The predicted molar refractivity (Wildman–Crippen MR) is 119 cm³/mol.